The van der Waals surface area contributed by atoms with E-state index in [2.05, 4.69) is 26.1 Å². The molecule has 13 nitrogen and oxygen atoms in total. The van der Waals surface area contributed by atoms with E-state index >= 15 is 0 Å². The standard InChI is InChI=1S/C37H49N7O6S2/c1-36(2,3)49-32(47)18-17-24-11-9-12-25(19-24)21-29(45)41-33(39)51-28(38)15-7-8-16-31-43-44-34(52-31)42-30(46)22-26-13-10-14-27(20-26)23-40-35(48)50-37(4,5)6/h9-14,19-20,38H,7-8,15-18,21-23H2,1-6H3,(H,40,48)(H2,39,41,45)(H,42,44,46). The summed E-state index contributed by atoms with van der Waals surface area (Å²) in [7, 11) is 0. The lowest BCUT2D eigenvalue weighted by Gasteiger charge is -2.19. The number of aryl methyl sites for hydroxylation is 2. The number of hydrogen-bond donors (Lipinski definition) is 5. The Labute approximate surface area is 313 Å². The number of rotatable bonds is 15. The Bertz CT molecular complexity index is 1730. The molecule has 3 aromatic rings. The Balaban J connectivity index is 1.32. The van der Waals surface area contributed by atoms with Crippen LogP contribution in [0.2, 0.25) is 0 Å². The van der Waals surface area contributed by atoms with Crippen LogP contribution in [0.1, 0.15) is 94.5 Å². The molecule has 15 heteroatoms. The number of benzene rings is 2. The lowest BCUT2D eigenvalue weighted by molar-refractivity contribution is -0.154. The van der Waals surface area contributed by atoms with E-state index in [-0.39, 0.29) is 53.8 Å². The van der Waals surface area contributed by atoms with Crippen LogP contribution in [0.3, 0.4) is 0 Å². The summed E-state index contributed by atoms with van der Waals surface area (Å²) in [6.07, 6.45) is 2.93. The SMILES string of the molecule is CC(C)(C)OC(=O)CCc1cccc(CC(=O)NC(=N)SC(=N)CCCCc2nnc(NC(=O)Cc3cccc(CNC(=O)OC(C)(C)C)c3)s2)c1. The van der Waals surface area contributed by atoms with Gasteiger partial charge in [0.05, 0.1) is 17.9 Å². The molecule has 0 saturated carbocycles. The highest BCUT2D eigenvalue weighted by atomic mass is 32.2. The van der Waals surface area contributed by atoms with Gasteiger partial charge in [-0.3, -0.25) is 25.2 Å². The third-order valence-corrected chi connectivity index (χ3v) is 8.48. The number of unbranched alkanes of at least 4 members (excludes halogenated alkanes) is 1. The van der Waals surface area contributed by atoms with E-state index in [4.69, 9.17) is 20.3 Å². The number of esters is 1. The average Bonchev–Trinajstić information content (AvgIpc) is 3.46. The Kier molecular flexibility index (Phi) is 15.9. The predicted molar refractivity (Wildman–Crippen MR) is 205 cm³/mol. The summed E-state index contributed by atoms with van der Waals surface area (Å²) in [5, 5.41) is 34.0. The molecule has 0 atom stereocenters. The summed E-state index contributed by atoms with van der Waals surface area (Å²) in [6, 6.07) is 14.8. The van der Waals surface area contributed by atoms with Crippen LogP contribution in [0.5, 0.6) is 0 Å². The van der Waals surface area contributed by atoms with Crippen molar-refractivity contribution in [1.29, 1.82) is 10.8 Å². The zero-order valence-electron chi connectivity index (χ0n) is 30.6. The van der Waals surface area contributed by atoms with Gasteiger partial charge in [0, 0.05) is 19.4 Å². The second-order valence-corrected chi connectivity index (χ2v) is 16.3. The smallest absolute Gasteiger partial charge is 0.407 e. The fourth-order valence-electron chi connectivity index (χ4n) is 4.74. The van der Waals surface area contributed by atoms with E-state index in [1.54, 1.807) is 20.8 Å². The number of thioether (sulfide) groups is 1. The van der Waals surface area contributed by atoms with Crippen LogP contribution in [0.4, 0.5) is 9.93 Å². The number of aromatic nitrogens is 2. The summed E-state index contributed by atoms with van der Waals surface area (Å²) in [5.41, 5.74) is 2.19. The molecule has 3 amide bonds. The van der Waals surface area contributed by atoms with E-state index in [0.29, 0.717) is 30.8 Å². The van der Waals surface area contributed by atoms with E-state index < -0.39 is 17.3 Å². The number of carbonyl (C=O) groups excluding carboxylic acids is 4. The number of nitrogens with zero attached hydrogens (tertiary/aromatic N) is 2. The molecule has 2 aromatic carbocycles. The van der Waals surface area contributed by atoms with Gasteiger partial charge < -0.3 is 25.4 Å². The first-order valence-corrected chi connectivity index (χ1v) is 18.7. The molecule has 0 aliphatic carbocycles. The van der Waals surface area contributed by atoms with Crippen LogP contribution in [0.25, 0.3) is 0 Å². The van der Waals surface area contributed by atoms with Gasteiger partial charge in [-0.25, -0.2) is 4.79 Å². The second-order valence-electron chi connectivity index (χ2n) is 14.1. The minimum Gasteiger partial charge on any atom is -0.460 e. The van der Waals surface area contributed by atoms with Crippen molar-refractivity contribution >= 4 is 62.3 Å². The molecule has 3 rings (SSSR count). The number of ether oxygens (including phenoxy) is 2. The molecule has 0 saturated heterocycles. The van der Waals surface area contributed by atoms with Gasteiger partial charge in [-0.1, -0.05) is 59.9 Å². The minimum absolute atomic E-state index is 0.0725. The number of carbonyl (C=O) groups is 4. The first-order valence-electron chi connectivity index (χ1n) is 17.0. The van der Waals surface area contributed by atoms with Crippen molar-refractivity contribution in [2.45, 2.75) is 111 Å². The summed E-state index contributed by atoms with van der Waals surface area (Å²) >= 11 is 2.21. The van der Waals surface area contributed by atoms with E-state index in [9.17, 15) is 19.2 Å². The van der Waals surface area contributed by atoms with E-state index in [1.807, 2.05) is 69.3 Å². The van der Waals surface area contributed by atoms with Gasteiger partial charge in [-0.15, -0.1) is 10.2 Å². The van der Waals surface area contributed by atoms with Crippen molar-refractivity contribution in [3.63, 3.8) is 0 Å². The van der Waals surface area contributed by atoms with Gasteiger partial charge in [-0.2, -0.15) is 0 Å². The Morgan fingerprint density at radius 3 is 2.06 bits per heavy atom. The maximum absolute atomic E-state index is 12.7. The first kappa shape index (κ1) is 41.8. The van der Waals surface area contributed by atoms with Crippen molar-refractivity contribution in [1.82, 2.24) is 20.8 Å². The molecule has 5 N–H and O–H groups in total. The summed E-state index contributed by atoms with van der Waals surface area (Å²) in [4.78, 5) is 49.2. The molecule has 0 radical (unpaired) electrons. The molecular formula is C37H49N7O6S2. The quantitative estimate of drug-likeness (QED) is 0.0484. The zero-order valence-corrected chi connectivity index (χ0v) is 32.3. The van der Waals surface area contributed by atoms with Gasteiger partial charge >= 0.3 is 12.1 Å². The third-order valence-electron chi connectivity index (χ3n) is 6.82. The fraction of sp³-hybridized carbons (Fsp3) is 0.459. The molecule has 0 unspecified atom stereocenters. The molecule has 1 heterocycles. The van der Waals surface area contributed by atoms with Crippen LogP contribution in [-0.2, 0) is 56.1 Å². The molecule has 0 aliphatic rings. The summed E-state index contributed by atoms with van der Waals surface area (Å²) in [5.74, 6) is -0.860. The van der Waals surface area contributed by atoms with Gasteiger partial charge in [0.2, 0.25) is 16.9 Å². The van der Waals surface area contributed by atoms with Crippen LogP contribution >= 0.6 is 23.1 Å². The highest BCUT2D eigenvalue weighted by Gasteiger charge is 2.18. The number of amidine groups is 1. The third kappa shape index (κ3) is 17.5. The number of anilines is 1. The van der Waals surface area contributed by atoms with Gasteiger partial charge in [-0.05, 0) is 101 Å². The number of alkyl carbamates (subject to hydrolysis) is 1. The van der Waals surface area contributed by atoms with Crippen molar-refractivity contribution in [3.05, 3.63) is 75.8 Å². The van der Waals surface area contributed by atoms with Crippen molar-refractivity contribution in [2.24, 2.45) is 0 Å². The van der Waals surface area contributed by atoms with E-state index in [0.717, 1.165) is 45.4 Å². The van der Waals surface area contributed by atoms with Crippen molar-refractivity contribution in [3.8, 4) is 0 Å². The van der Waals surface area contributed by atoms with Gasteiger partial charge in [0.1, 0.15) is 16.2 Å². The molecule has 52 heavy (non-hydrogen) atoms. The lowest BCUT2D eigenvalue weighted by Crippen LogP contribution is -2.32. The Morgan fingerprint density at radius 2 is 1.38 bits per heavy atom. The first-order chi connectivity index (χ1) is 24.4. The number of hydrogen-bond acceptors (Lipinski definition) is 12. The molecular weight excluding hydrogens is 703 g/mol. The topological polar surface area (TPSA) is 196 Å². The maximum Gasteiger partial charge on any atom is 0.407 e. The number of nitrogens with one attached hydrogen (secondary N) is 5. The fourth-order valence-corrected chi connectivity index (χ4v) is 6.20. The summed E-state index contributed by atoms with van der Waals surface area (Å²) in [6.45, 7) is 11.1. The largest absolute Gasteiger partial charge is 0.460 e. The molecule has 0 spiro atoms. The highest BCUT2D eigenvalue weighted by Crippen LogP contribution is 2.19. The van der Waals surface area contributed by atoms with Gasteiger partial charge in [0.25, 0.3) is 0 Å². The molecule has 0 aliphatic heterocycles. The lowest BCUT2D eigenvalue weighted by atomic mass is 10.0. The van der Waals surface area contributed by atoms with Crippen LogP contribution in [0.15, 0.2) is 48.5 Å². The van der Waals surface area contributed by atoms with Gasteiger partial charge in [0.15, 0.2) is 5.17 Å². The van der Waals surface area contributed by atoms with Crippen LogP contribution in [0, 0.1) is 10.8 Å². The van der Waals surface area contributed by atoms with Crippen molar-refractivity contribution in [2.75, 3.05) is 5.32 Å². The Hall–Kier alpha value is -4.63. The monoisotopic (exact) mass is 751 g/mol. The molecule has 280 valence electrons. The average molecular weight is 752 g/mol. The zero-order chi connectivity index (χ0) is 38.3. The predicted octanol–water partition coefficient (Wildman–Crippen LogP) is 6.74. The highest BCUT2D eigenvalue weighted by molar-refractivity contribution is 8.26. The van der Waals surface area contributed by atoms with E-state index in [1.165, 1.54) is 11.3 Å². The minimum atomic E-state index is -0.586. The molecule has 1 aromatic heterocycles. The van der Waals surface area contributed by atoms with Crippen LogP contribution < -0.4 is 16.0 Å². The van der Waals surface area contributed by atoms with Crippen LogP contribution in [-0.4, -0.2) is 55.5 Å². The molecule has 0 fully saturated rings. The number of amides is 3. The maximum atomic E-state index is 12.7. The molecule has 0 bridgehead atoms. The summed E-state index contributed by atoms with van der Waals surface area (Å²) < 4.78 is 10.6. The Morgan fingerprint density at radius 1 is 0.769 bits per heavy atom. The normalized spacial score (nSPS) is 11.3. The second kappa shape index (κ2) is 19.8. The van der Waals surface area contributed by atoms with Crippen molar-refractivity contribution < 1.29 is 28.7 Å².